The van der Waals surface area contributed by atoms with E-state index >= 15 is 0 Å². The minimum atomic E-state index is -3.93. The van der Waals surface area contributed by atoms with E-state index < -0.39 is 22.0 Å². The first-order valence-corrected chi connectivity index (χ1v) is 10.4. The molecule has 2 rings (SSSR count). The number of carbonyl (C=O) groups is 1. The average molecular weight is 391 g/mol. The number of carboxylic acid groups (broad SMARTS) is 1. The molecule has 0 aromatic heterocycles. The lowest BCUT2D eigenvalue weighted by Crippen LogP contribution is -2.28. The normalized spacial score (nSPS) is 13.7. The van der Waals surface area contributed by atoms with Crippen molar-refractivity contribution in [1.82, 2.24) is 4.72 Å². The van der Waals surface area contributed by atoms with Gasteiger partial charge in [-0.05, 0) is 44.0 Å². The van der Waals surface area contributed by atoms with E-state index in [-0.39, 0.29) is 16.5 Å². The van der Waals surface area contributed by atoms with Gasteiger partial charge in [0.1, 0.15) is 4.90 Å². The number of benzene rings is 2. The fourth-order valence-electron chi connectivity index (χ4n) is 2.87. The van der Waals surface area contributed by atoms with Gasteiger partial charge in [0.25, 0.3) is 0 Å². The maximum absolute atomic E-state index is 13.0. The highest BCUT2D eigenvalue weighted by Gasteiger charge is 2.24. The van der Waals surface area contributed by atoms with Crippen LogP contribution >= 0.6 is 0 Å². The Kier molecular flexibility index (Phi) is 6.98. The van der Waals surface area contributed by atoms with E-state index in [1.807, 2.05) is 44.2 Å². The number of nitrogens with one attached hydrogen (secondary N) is 2. The highest BCUT2D eigenvalue weighted by molar-refractivity contribution is 7.89. The largest absolute Gasteiger partial charge is 0.478 e. The van der Waals surface area contributed by atoms with Crippen LogP contribution < -0.4 is 10.0 Å². The molecule has 146 valence electrons. The molecule has 0 fully saturated rings. The molecule has 0 amide bonds. The quantitative estimate of drug-likeness (QED) is 0.601. The van der Waals surface area contributed by atoms with Crippen molar-refractivity contribution in [2.45, 2.75) is 50.6 Å². The molecule has 2 atom stereocenters. The Balaban J connectivity index is 2.39. The Bertz CT molecular complexity index is 882. The standard InChI is InChI=1S/C20H26N2O4S/c1-4-8-14(2)21-18-12-11-17(20(23)24)13-19(18)27(25,26)22-15(3)16-9-6-5-7-10-16/h5-7,9-15,21-22H,4,8H2,1-3H3,(H,23,24). The number of carboxylic acids is 1. The van der Waals surface area contributed by atoms with Crippen molar-refractivity contribution in [1.29, 1.82) is 0 Å². The third kappa shape index (κ3) is 5.55. The molecule has 0 saturated heterocycles. The average Bonchev–Trinajstić information content (AvgIpc) is 2.62. The van der Waals surface area contributed by atoms with Gasteiger partial charge in [-0.1, -0.05) is 43.7 Å². The van der Waals surface area contributed by atoms with E-state index in [9.17, 15) is 18.3 Å². The summed E-state index contributed by atoms with van der Waals surface area (Å²) in [5, 5.41) is 12.4. The number of rotatable bonds is 9. The number of anilines is 1. The smallest absolute Gasteiger partial charge is 0.335 e. The van der Waals surface area contributed by atoms with Gasteiger partial charge in [-0.15, -0.1) is 0 Å². The Morgan fingerprint density at radius 2 is 1.78 bits per heavy atom. The fourth-order valence-corrected chi connectivity index (χ4v) is 4.30. The van der Waals surface area contributed by atoms with Crippen molar-refractivity contribution in [3.8, 4) is 0 Å². The van der Waals surface area contributed by atoms with Crippen LogP contribution in [0.4, 0.5) is 5.69 Å². The molecule has 0 bridgehead atoms. The van der Waals surface area contributed by atoms with Crippen LogP contribution in [0, 0.1) is 0 Å². The molecular formula is C20H26N2O4S. The van der Waals surface area contributed by atoms with Crippen molar-refractivity contribution >= 4 is 21.7 Å². The first-order valence-electron chi connectivity index (χ1n) is 8.95. The van der Waals surface area contributed by atoms with E-state index in [0.717, 1.165) is 18.4 Å². The summed E-state index contributed by atoms with van der Waals surface area (Å²) in [4.78, 5) is 11.3. The SMILES string of the molecule is CCCC(C)Nc1ccc(C(=O)O)cc1S(=O)(=O)NC(C)c1ccccc1. The molecule has 6 nitrogen and oxygen atoms in total. The van der Waals surface area contributed by atoms with E-state index in [4.69, 9.17) is 0 Å². The van der Waals surface area contributed by atoms with Crippen molar-refractivity contribution in [2.24, 2.45) is 0 Å². The zero-order chi connectivity index (χ0) is 20.0. The molecule has 2 unspecified atom stereocenters. The van der Waals surface area contributed by atoms with Gasteiger partial charge in [0.2, 0.25) is 10.0 Å². The molecule has 7 heteroatoms. The molecule has 0 aliphatic heterocycles. The maximum atomic E-state index is 13.0. The number of hydrogen-bond donors (Lipinski definition) is 3. The number of sulfonamides is 1. The van der Waals surface area contributed by atoms with Crippen LogP contribution in [0.15, 0.2) is 53.4 Å². The van der Waals surface area contributed by atoms with Crippen LogP contribution in [0.5, 0.6) is 0 Å². The second-order valence-electron chi connectivity index (χ2n) is 6.60. The maximum Gasteiger partial charge on any atom is 0.335 e. The van der Waals surface area contributed by atoms with E-state index in [2.05, 4.69) is 10.0 Å². The van der Waals surface area contributed by atoms with Crippen LogP contribution in [0.25, 0.3) is 0 Å². The predicted molar refractivity (Wildman–Crippen MR) is 107 cm³/mol. The Hall–Kier alpha value is -2.38. The minimum absolute atomic E-state index is 0.0613. The Labute approximate surface area is 160 Å². The predicted octanol–water partition coefficient (Wildman–Crippen LogP) is 4.02. The molecule has 0 heterocycles. The van der Waals surface area contributed by atoms with Crippen LogP contribution in [0.1, 0.15) is 55.6 Å². The van der Waals surface area contributed by atoms with Gasteiger partial charge in [-0.3, -0.25) is 0 Å². The number of hydrogen-bond acceptors (Lipinski definition) is 4. The zero-order valence-corrected chi connectivity index (χ0v) is 16.6. The third-order valence-corrected chi connectivity index (χ3v) is 5.85. The monoisotopic (exact) mass is 390 g/mol. The van der Waals surface area contributed by atoms with Crippen molar-refractivity contribution in [3.05, 3.63) is 59.7 Å². The first kappa shape index (κ1) is 20.9. The zero-order valence-electron chi connectivity index (χ0n) is 15.8. The minimum Gasteiger partial charge on any atom is -0.478 e. The Morgan fingerprint density at radius 1 is 1.11 bits per heavy atom. The van der Waals surface area contributed by atoms with Gasteiger partial charge in [0.15, 0.2) is 0 Å². The second-order valence-corrected chi connectivity index (χ2v) is 8.29. The summed E-state index contributed by atoms with van der Waals surface area (Å²) in [6, 6.07) is 12.9. The lowest BCUT2D eigenvalue weighted by molar-refractivity contribution is 0.0696. The number of aromatic carboxylic acids is 1. The summed E-state index contributed by atoms with van der Waals surface area (Å²) in [5.41, 5.74) is 1.15. The highest BCUT2D eigenvalue weighted by atomic mass is 32.2. The van der Waals surface area contributed by atoms with Gasteiger partial charge in [-0.2, -0.15) is 0 Å². The summed E-state index contributed by atoms with van der Waals surface area (Å²) in [5.74, 6) is -1.17. The highest BCUT2D eigenvalue weighted by Crippen LogP contribution is 2.26. The van der Waals surface area contributed by atoms with Crippen molar-refractivity contribution in [2.75, 3.05) is 5.32 Å². The molecule has 0 radical (unpaired) electrons. The van der Waals surface area contributed by atoms with E-state index in [0.29, 0.717) is 5.69 Å². The summed E-state index contributed by atoms with van der Waals surface area (Å²) < 4.78 is 28.7. The lowest BCUT2D eigenvalue weighted by Gasteiger charge is -2.20. The van der Waals surface area contributed by atoms with E-state index in [1.165, 1.54) is 18.2 Å². The topological polar surface area (TPSA) is 95.5 Å². The van der Waals surface area contributed by atoms with Gasteiger partial charge in [0.05, 0.1) is 11.3 Å². The molecular weight excluding hydrogens is 364 g/mol. The molecule has 3 N–H and O–H groups in total. The third-order valence-electron chi connectivity index (χ3n) is 4.27. The summed E-state index contributed by atoms with van der Waals surface area (Å²) in [6.07, 6.45) is 1.82. The molecule has 2 aromatic carbocycles. The van der Waals surface area contributed by atoms with Crippen LogP contribution in [0.3, 0.4) is 0 Å². The van der Waals surface area contributed by atoms with E-state index in [1.54, 1.807) is 6.92 Å². The lowest BCUT2D eigenvalue weighted by atomic mass is 10.1. The van der Waals surface area contributed by atoms with Gasteiger partial charge < -0.3 is 10.4 Å². The summed E-state index contributed by atoms with van der Waals surface area (Å²) in [7, 11) is -3.93. The molecule has 2 aromatic rings. The second kappa shape index (κ2) is 9.01. The van der Waals surface area contributed by atoms with Crippen LogP contribution in [-0.2, 0) is 10.0 Å². The van der Waals surface area contributed by atoms with Gasteiger partial charge in [-0.25, -0.2) is 17.9 Å². The summed E-state index contributed by atoms with van der Waals surface area (Å²) in [6.45, 7) is 5.76. The van der Waals surface area contributed by atoms with Crippen molar-refractivity contribution in [3.63, 3.8) is 0 Å². The molecule has 0 aliphatic carbocycles. The summed E-state index contributed by atoms with van der Waals surface area (Å²) >= 11 is 0. The molecule has 0 saturated carbocycles. The van der Waals surface area contributed by atoms with Gasteiger partial charge in [0, 0.05) is 12.1 Å². The Morgan fingerprint density at radius 3 is 2.37 bits per heavy atom. The van der Waals surface area contributed by atoms with Gasteiger partial charge >= 0.3 is 5.97 Å². The first-order chi connectivity index (χ1) is 12.7. The molecule has 27 heavy (non-hydrogen) atoms. The molecule has 0 aliphatic rings. The fraction of sp³-hybridized carbons (Fsp3) is 0.350. The molecule has 0 spiro atoms. The van der Waals surface area contributed by atoms with Crippen LogP contribution in [0.2, 0.25) is 0 Å². The van der Waals surface area contributed by atoms with Crippen molar-refractivity contribution < 1.29 is 18.3 Å². The van der Waals surface area contributed by atoms with Crippen LogP contribution in [-0.4, -0.2) is 25.5 Å².